The third-order valence-electron chi connectivity index (χ3n) is 4.26. The molecule has 0 aliphatic rings. The molecule has 0 amide bonds. The first-order valence-corrected chi connectivity index (χ1v) is 12.0. The van der Waals surface area contributed by atoms with Crippen molar-refractivity contribution in [2.45, 2.75) is 98.8 Å². The predicted molar refractivity (Wildman–Crippen MR) is 108 cm³/mol. The summed E-state index contributed by atoms with van der Waals surface area (Å²) in [6, 6.07) is 0. The largest absolute Gasteiger partial charge is 0.293 e. The average Bonchev–Trinajstić information content (AvgIpc) is 2.55. The van der Waals surface area contributed by atoms with Crippen LogP contribution in [0.4, 0.5) is 0 Å². The molecule has 0 heterocycles. The monoisotopic (exact) mass is 364 g/mol. The minimum atomic E-state index is -1.83. The molecule has 0 radical (unpaired) electrons. The zero-order chi connectivity index (χ0) is 18.1. The maximum atomic E-state index is 6.03. The zero-order valence-corrected chi connectivity index (χ0v) is 17.9. The summed E-state index contributed by atoms with van der Waals surface area (Å²) in [5.74, 6) is 1.61. The van der Waals surface area contributed by atoms with Crippen LogP contribution >= 0.6 is 10.9 Å². The molecule has 1 unspecified atom stereocenters. The lowest BCUT2D eigenvalue weighted by Gasteiger charge is -2.39. The highest BCUT2D eigenvalue weighted by Gasteiger charge is 2.30. The van der Waals surface area contributed by atoms with Gasteiger partial charge in [-0.05, 0) is 39.5 Å². The molecule has 4 heteroatoms. The Morgan fingerprint density at radius 1 is 0.583 bits per heavy atom. The van der Waals surface area contributed by atoms with Gasteiger partial charge in [0.15, 0.2) is 0 Å². The van der Waals surface area contributed by atoms with Gasteiger partial charge in [-0.1, -0.05) is 65.2 Å². The molecule has 0 aromatic rings. The smallest absolute Gasteiger partial charge is 0.0890 e. The molecule has 0 rings (SSSR count). The maximum Gasteiger partial charge on any atom is 0.0890 e. The molecule has 1 atom stereocenters. The average molecular weight is 365 g/mol. The standard InChI is InChI=1S/C20H44O3S/c1-6-11-13-14-16-18-20(17-15-12-7-2)19-24(21-8-3,22-9-4)23-10-5/h20H,6-19H2,1-5H3. The summed E-state index contributed by atoms with van der Waals surface area (Å²) in [5.41, 5.74) is 0. The van der Waals surface area contributed by atoms with Gasteiger partial charge in [0, 0.05) is 5.75 Å². The molecule has 0 aromatic heterocycles. The third kappa shape index (κ3) is 11.7. The van der Waals surface area contributed by atoms with Crippen molar-refractivity contribution in [3.05, 3.63) is 0 Å². The zero-order valence-electron chi connectivity index (χ0n) is 17.1. The quantitative estimate of drug-likeness (QED) is 0.241. The number of hydrogen-bond donors (Lipinski definition) is 0. The van der Waals surface area contributed by atoms with Crippen LogP contribution in [-0.2, 0) is 12.5 Å². The fourth-order valence-corrected chi connectivity index (χ4v) is 5.59. The fraction of sp³-hybridized carbons (Fsp3) is 1.00. The van der Waals surface area contributed by atoms with Gasteiger partial charge in [0.2, 0.25) is 0 Å². The normalized spacial score (nSPS) is 14.0. The van der Waals surface area contributed by atoms with Gasteiger partial charge in [-0.15, -0.1) is 0 Å². The molecular weight excluding hydrogens is 320 g/mol. The summed E-state index contributed by atoms with van der Waals surface area (Å²) in [6.07, 6.45) is 13.2. The molecule has 0 fully saturated rings. The molecule has 0 aliphatic carbocycles. The van der Waals surface area contributed by atoms with Crippen LogP contribution in [0.2, 0.25) is 0 Å². The lowest BCUT2D eigenvalue weighted by atomic mass is 9.96. The number of rotatable bonds is 18. The molecule has 148 valence electrons. The van der Waals surface area contributed by atoms with Crippen LogP contribution in [0.5, 0.6) is 0 Å². The molecule has 3 nitrogen and oxygen atoms in total. The maximum absolute atomic E-state index is 6.03. The van der Waals surface area contributed by atoms with E-state index in [-0.39, 0.29) is 0 Å². The topological polar surface area (TPSA) is 27.7 Å². The third-order valence-corrected chi connectivity index (χ3v) is 6.93. The SMILES string of the molecule is CCCCCCCC(CCCCC)CS(OCC)(OCC)OCC. The van der Waals surface area contributed by atoms with Gasteiger partial charge in [-0.3, -0.25) is 12.5 Å². The molecular formula is C20H44O3S. The first kappa shape index (κ1) is 24.2. The van der Waals surface area contributed by atoms with E-state index in [4.69, 9.17) is 12.5 Å². The van der Waals surface area contributed by atoms with E-state index in [1.807, 2.05) is 20.8 Å². The van der Waals surface area contributed by atoms with Crippen LogP contribution in [0.1, 0.15) is 98.8 Å². The molecule has 0 saturated heterocycles. The second-order valence-corrected chi connectivity index (χ2v) is 8.66. The number of hydrogen-bond acceptors (Lipinski definition) is 3. The summed E-state index contributed by atoms with van der Waals surface area (Å²) in [4.78, 5) is 0. The van der Waals surface area contributed by atoms with E-state index in [2.05, 4.69) is 13.8 Å². The summed E-state index contributed by atoms with van der Waals surface area (Å²) in [5, 5.41) is 0. The van der Waals surface area contributed by atoms with Crippen molar-refractivity contribution in [3.8, 4) is 0 Å². The minimum Gasteiger partial charge on any atom is -0.293 e. The predicted octanol–water partition coefficient (Wildman–Crippen LogP) is 7.20. The van der Waals surface area contributed by atoms with Crippen molar-refractivity contribution in [3.63, 3.8) is 0 Å². The van der Waals surface area contributed by atoms with Gasteiger partial charge in [-0.2, -0.15) is 0 Å². The lowest BCUT2D eigenvalue weighted by Crippen LogP contribution is -2.22. The Balaban J connectivity index is 4.66. The molecule has 0 spiro atoms. The molecule has 0 aromatic carbocycles. The van der Waals surface area contributed by atoms with Crippen LogP contribution < -0.4 is 0 Å². The van der Waals surface area contributed by atoms with Crippen LogP contribution in [0, 0.1) is 5.92 Å². The Morgan fingerprint density at radius 3 is 1.46 bits per heavy atom. The number of unbranched alkanes of at least 4 members (excludes halogenated alkanes) is 6. The summed E-state index contributed by atoms with van der Waals surface area (Å²) in [7, 11) is -1.83. The Kier molecular flexibility index (Phi) is 16.8. The molecule has 0 N–H and O–H groups in total. The molecule has 0 aliphatic heterocycles. The van der Waals surface area contributed by atoms with E-state index in [0.717, 1.165) is 5.75 Å². The first-order chi connectivity index (χ1) is 11.7. The second-order valence-electron chi connectivity index (χ2n) is 6.51. The van der Waals surface area contributed by atoms with Crippen molar-refractivity contribution in [1.29, 1.82) is 0 Å². The Morgan fingerprint density at radius 2 is 1.00 bits per heavy atom. The van der Waals surface area contributed by atoms with Crippen LogP contribution in [-0.4, -0.2) is 25.6 Å². The van der Waals surface area contributed by atoms with Crippen LogP contribution in [0.3, 0.4) is 0 Å². The van der Waals surface area contributed by atoms with E-state index < -0.39 is 10.9 Å². The van der Waals surface area contributed by atoms with E-state index in [9.17, 15) is 0 Å². The van der Waals surface area contributed by atoms with Crippen molar-refractivity contribution in [2.75, 3.05) is 25.6 Å². The van der Waals surface area contributed by atoms with Gasteiger partial charge in [0.25, 0.3) is 0 Å². The van der Waals surface area contributed by atoms with Crippen molar-refractivity contribution in [2.24, 2.45) is 5.92 Å². The highest BCUT2D eigenvalue weighted by atomic mass is 32.3. The second kappa shape index (κ2) is 16.7. The van der Waals surface area contributed by atoms with E-state index in [1.165, 1.54) is 64.2 Å². The Labute approximate surface area is 154 Å². The van der Waals surface area contributed by atoms with Crippen molar-refractivity contribution >= 4 is 10.9 Å². The van der Waals surface area contributed by atoms with Gasteiger partial charge < -0.3 is 0 Å². The lowest BCUT2D eigenvalue weighted by molar-refractivity contribution is 0.180. The highest BCUT2D eigenvalue weighted by molar-refractivity contribution is 8.21. The van der Waals surface area contributed by atoms with E-state index >= 15 is 0 Å². The van der Waals surface area contributed by atoms with Gasteiger partial charge >= 0.3 is 0 Å². The summed E-state index contributed by atoms with van der Waals surface area (Å²) in [6.45, 7) is 12.6. The fourth-order valence-electron chi connectivity index (χ4n) is 3.10. The van der Waals surface area contributed by atoms with Gasteiger partial charge in [0.05, 0.1) is 30.7 Å². The summed E-state index contributed by atoms with van der Waals surface area (Å²) >= 11 is 0. The molecule has 0 bridgehead atoms. The molecule has 0 saturated carbocycles. The summed E-state index contributed by atoms with van der Waals surface area (Å²) < 4.78 is 18.1. The minimum absolute atomic E-state index is 0.660. The van der Waals surface area contributed by atoms with Crippen molar-refractivity contribution in [1.82, 2.24) is 0 Å². The molecule has 24 heavy (non-hydrogen) atoms. The van der Waals surface area contributed by atoms with E-state index in [1.54, 1.807) is 0 Å². The Hall–Kier alpha value is 0.230. The highest BCUT2D eigenvalue weighted by Crippen LogP contribution is 2.53. The van der Waals surface area contributed by atoms with Crippen LogP contribution in [0.25, 0.3) is 0 Å². The van der Waals surface area contributed by atoms with E-state index in [0.29, 0.717) is 25.7 Å². The van der Waals surface area contributed by atoms with Crippen LogP contribution in [0.15, 0.2) is 0 Å². The first-order valence-electron chi connectivity index (χ1n) is 10.4. The van der Waals surface area contributed by atoms with Crippen molar-refractivity contribution < 1.29 is 12.5 Å². The Bertz CT molecular complexity index is 244. The van der Waals surface area contributed by atoms with Gasteiger partial charge in [0.1, 0.15) is 0 Å². The van der Waals surface area contributed by atoms with Gasteiger partial charge in [-0.25, -0.2) is 0 Å².